The highest BCUT2D eigenvalue weighted by molar-refractivity contribution is 6.30. The molecule has 0 heterocycles. The zero-order valence-electron chi connectivity index (χ0n) is 12.9. The highest BCUT2D eigenvalue weighted by Crippen LogP contribution is 2.24. The number of rotatable bonds is 9. The number of ether oxygens (including phenoxy) is 1. The lowest BCUT2D eigenvalue weighted by Gasteiger charge is -2.19. The summed E-state index contributed by atoms with van der Waals surface area (Å²) in [4.78, 5) is 13.8. The molecule has 2 N–H and O–H groups in total. The van der Waals surface area contributed by atoms with Crippen LogP contribution >= 0.6 is 11.6 Å². The first kappa shape index (κ1) is 17.8. The fourth-order valence-corrected chi connectivity index (χ4v) is 2.37. The first-order valence-corrected chi connectivity index (χ1v) is 7.72. The van der Waals surface area contributed by atoms with Crippen molar-refractivity contribution in [1.29, 1.82) is 0 Å². The van der Waals surface area contributed by atoms with E-state index in [1.54, 1.807) is 18.1 Å². The van der Waals surface area contributed by atoms with Crippen LogP contribution in [-0.2, 0) is 11.3 Å². The maximum Gasteiger partial charge on any atom is 0.222 e. The van der Waals surface area contributed by atoms with Gasteiger partial charge in [0.2, 0.25) is 5.91 Å². The van der Waals surface area contributed by atoms with Crippen LogP contribution in [0.4, 0.5) is 0 Å². The average molecular weight is 313 g/mol. The number of methoxy groups -OCH3 is 1. The Balaban J connectivity index is 2.46. The van der Waals surface area contributed by atoms with Gasteiger partial charge in [0.25, 0.3) is 0 Å². The van der Waals surface area contributed by atoms with Crippen LogP contribution in [0.5, 0.6) is 5.75 Å². The van der Waals surface area contributed by atoms with E-state index in [1.807, 2.05) is 19.2 Å². The molecule has 1 aromatic carbocycles. The van der Waals surface area contributed by atoms with Gasteiger partial charge in [-0.1, -0.05) is 24.4 Å². The van der Waals surface area contributed by atoms with Crippen molar-refractivity contribution in [3.05, 3.63) is 28.8 Å². The normalized spacial score (nSPS) is 10.5. The van der Waals surface area contributed by atoms with E-state index in [0.29, 0.717) is 18.0 Å². The molecule has 5 heteroatoms. The van der Waals surface area contributed by atoms with Gasteiger partial charge in [-0.3, -0.25) is 4.79 Å². The third-order valence-electron chi connectivity index (χ3n) is 3.42. The Morgan fingerprint density at radius 2 is 2.00 bits per heavy atom. The minimum Gasteiger partial charge on any atom is -0.496 e. The third-order valence-corrected chi connectivity index (χ3v) is 3.66. The van der Waals surface area contributed by atoms with Crippen molar-refractivity contribution in [1.82, 2.24) is 4.90 Å². The number of benzene rings is 1. The Bertz CT molecular complexity index is 452. The fourth-order valence-electron chi connectivity index (χ4n) is 2.18. The molecule has 21 heavy (non-hydrogen) atoms. The largest absolute Gasteiger partial charge is 0.496 e. The maximum absolute atomic E-state index is 12.1. The van der Waals surface area contributed by atoms with Gasteiger partial charge in [-0.2, -0.15) is 0 Å². The average Bonchev–Trinajstić information content (AvgIpc) is 2.47. The van der Waals surface area contributed by atoms with E-state index in [1.165, 1.54) is 0 Å². The molecule has 1 aromatic rings. The third kappa shape index (κ3) is 6.36. The molecule has 0 spiro atoms. The number of carbonyl (C=O) groups excluding carboxylic acids is 1. The van der Waals surface area contributed by atoms with Gasteiger partial charge in [-0.25, -0.2) is 0 Å². The predicted octanol–water partition coefficient (Wildman–Crippen LogP) is 3.22. The van der Waals surface area contributed by atoms with Gasteiger partial charge in [0.05, 0.1) is 7.11 Å². The summed E-state index contributed by atoms with van der Waals surface area (Å²) in [6, 6.07) is 5.44. The molecule has 118 valence electrons. The molecule has 0 saturated heterocycles. The Morgan fingerprint density at radius 3 is 2.67 bits per heavy atom. The van der Waals surface area contributed by atoms with Gasteiger partial charge in [0.15, 0.2) is 0 Å². The van der Waals surface area contributed by atoms with E-state index in [-0.39, 0.29) is 5.91 Å². The van der Waals surface area contributed by atoms with Crippen molar-refractivity contribution >= 4 is 17.5 Å². The SMILES string of the molecule is COc1ccc(Cl)cc1CN(C)C(=O)CCCCCCN. The molecule has 0 aliphatic heterocycles. The summed E-state index contributed by atoms with van der Waals surface area (Å²) in [6.07, 6.45) is 4.66. The summed E-state index contributed by atoms with van der Waals surface area (Å²) in [6.45, 7) is 1.23. The summed E-state index contributed by atoms with van der Waals surface area (Å²) in [5.41, 5.74) is 6.37. The van der Waals surface area contributed by atoms with E-state index in [9.17, 15) is 4.79 Å². The molecule has 0 aromatic heterocycles. The Labute approximate surface area is 132 Å². The van der Waals surface area contributed by atoms with Gasteiger partial charge in [0, 0.05) is 30.6 Å². The molecule has 1 rings (SSSR count). The van der Waals surface area contributed by atoms with Crippen molar-refractivity contribution in [3.8, 4) is 5.75 Å². The number of nitrogens with zero attached hydrogens (tertiary/aromatic N) is 1. The van der Waals surface area contributed by atoms with E-state index >= 15 is 0 Å². The molecule has 0 fully saturated rings. The number of halogens is 1. The summed E-state index contributed by atoms with van der Waals surface area (Å²) in [5.74, 6) is 0.895. The monoisotopic (exact) mass is 312 g/mol. The molecule has 0 saturated carbocycles. The number of unbranched alkanes of at least 4 members (excludes halogenated alkanes) is 3. The van der Waals surface area contributed by atoms with Crippen molar-refractivity contribution in [2.75, 3.05) is 20.7 Å². The number of carbonyl (C=O) groups is 1. The van der Waals surface area contributed by atoms with E-state index in [2.05, 4.69) is 0 Å². The van der Waals surface area contributed by atoms with Crippen molar-refractivity contribution in [2.24, 2.45) is 5.73 Å². The first-order valence-electron chi connectivity index (χ1n) is 7.35. The minimum atomic E-state index is 0.143. The molecule has 0 aliphatic rings. The smallest absolute Gasteiger partial charge is 0.222 e. The molecule has 1 amide bonds. The summed E-state index contributed by atoms with van der Waals surface area (Å²) in [7, 11) is 3.43. The second-order valence-electron chi connectivity index (χ2n) is 5.16. The second-order valence-corrected chi connectivity index (χ2v) is 5.60. The molecular formula is C16H25ClN2O2. The predicted molar refractivity (Wildman–Crippen MR) is 86.6 cm³/mol. The summed E-state index contributed by atoms with van der Waals surface area (Å²) in [5, 5.41) is 0.647. The molecule has 0 radical (unpaired) electrons. The molecule has 4 nitrogen and oxygen atoms in total. The van der Waals surface area contributed by atoms with Crippen molar-refractivity contribution in [3.63, 3.8) is 0 Å². The Kier molecular flexibility index (Phi) is 8.16. The highest BCUT2D eigenvalue weighted by Gasteiger charge is 2.12. The molecular weight excluding hydrogens is 288 g/mol. The number of nitrogens with two attached hydrogens (primary N) is 1. The van der Waals surface area contributed by atoms with Crippen LogP contribution in [0.2, 0.25) is 5.02 Å². The second kappa shape index (κ2) is 9.64. The number of hydrogen-bond donors (Lipinski definition) is 1. The zero-order chi connectivity index (χ0) is 15.7. The number of amides is 1. The zero-order valence-corrected chi connectivity index (χ0v) is 13.7. The Morgan fingerprint density at radius 1 is 1.29 bits per heavy atom. The van der Waals surface area contributed by atoms with Gasteiger partial charge < -0.3 is 15.4 Å². The van der Waals surface area contributed by atoms with Crippen molar-refractivity contribution < 1.29 is 9.53 Å². The topological polar surface area (TPSA) is 55.6 Å². The van der Waals surface area contributed by atoms with Crippen LogP contribution in [-0.4, -0.2) is 31.5 Å². The van der Waals surface area contributed by atoms with Gasteiger partial charge in [-0.15, -0.1) is 0 Å². The molecule has 0 unspecified atom stereocenters. The fraction of sp³-hybridized carbons (Fsp3) is 0.562. The lowest BCUT2D eigenvalue weighted by atomic mass is 10.1. The van der Waals surface area contributed by atoms with E-state index < -0.39 is 0 Å². The van der Waals surface area contributed by atoms with Crippen LogP contribution in [0.25, 0.3) is 0 Å². The van der Waals surface area contributed by atoms with Gasteiger partial charge in [0.1, 0.15) is 5.75 Å². The van der Waals surface area contributed by atoms with Crippen LogP contribution < -0.4 is 10.5 Å². The van der Waals surface area contributed by atoms with Crippen LogP contribution in [0.15, 0.2) is 18.2 Å². The van der Waals surface area contributed by atoms with Crippen molar-refractivity contribution in [2.45, 2.75) is 38.6 Å². The van der Waals surface area contributed by atoms with Gasteiger partial charge >= 0.3 is 0 Å². The minimum absolute atomic E-state index is 0.143. The first-order chi connectivity index (χ1) is 10.1. The number of hydrogen-bond acceptors (Lipinski definition) is 3. The Hall–Kier alpha value is -1.26. The summed E-state index contributed by atoms with van der Waals surface area (Å²) < 4.78 is 5.30. The molecule has 0 aliphatic carbocycles. The molecule has 0 bridgehead atoms. The van der Waals surface area contributed by atoms with Crippen LogP contribution in [0.1, 0.15) is 37.7 Å². The van der Waals surface area contributed by atoms with E-state index in [4.69, 9.17) is 22.1 Å². The van der Waals surface area contributed by atoms with Gasteiger partial charge in [-0.05, 0) is 37.6 Å². The summed E-state index contributed by atoms with van der Waals surface area (Å²) >= 11 is 6.00. The van der Waals surface area contributed by atoms with E-state index in [0.717, 1.165) is 43.5 Å². The highest BCUT2D eigenvalue weighted by atomic mass is 35.5. The lowest BCUT2D eigenvalue weighted by molar-refractivity contribution is -0.130. The maximum atomic E-state index is 12.1. The molecule has 0 atom stereocenters. The lowest BCUT2D eigenvalue weighted by Crippen LogP contribution is -2.26. The quantitative estimate of drug-likeness (QED) is 0.712. The van der Waals surface area contributed by atoms with Crippen LogP contribution in [0, 0.1) is 0 Å². The van der Waals surface area contributed by atoms with Crippen LogP contribution in [0.3, 0.4) is 0 Å². The standard InChI is InChI=1S/C16H25ClN2O2/c1-19(16(20)7-5-3-4-6-10-18)12-13-11-14(17)8-9-15(13)21-2/h8-9,11H,3-7,10,12,18H2,1-2H3.